The zero-order chi connectivity index (χ0) is 15.4. The van der Waals surface area contributed by atoms with E-state index in [-0.39, 0.29) is 6.04 Å². The first-order valence-corrected chi connectivity index (χ1v) is 7.22. The topological polar surface area (TPSA) is 52.0 Å². The maximum atomic E-state index is 5.25. The molecule has 2 rings (SSSR count). The third kappa shape index (κ3) is 3.42. The fourth-order valence-electron chi connectivity index (χ4n) is 2.68. The van der Waals surface area contributed by atoms with Gasteiger partial charge in [0.1, 0.15) is 5.75 Å². The van der Waals surface area contributed by atoms with Crippen molar-refractivity contribution in [2.24, 2.45) is 7.05 Å². The summed E-state index contributed by atoms with van der Waals surface area (Å²) >= 11 is 0. The minimum atomic E-state index is 0.256. The van der Waals surface area contributed by atoms with E-state index in [4.69, 9.17) is 4.74 Å². The van der Waals surface area contributed by atoms with Crippen LogP contribution in [0.1, 0.15) is 35.0 Å². The van der Waals surface area contributed by atoms with Crippen LogP contribution in [0, 0.1) is 13.8 Å². The molecule has 1 unspecified atom stereocenters. The lowest BCUT2D eigenvalue weighted by Crippen LogP contribution is -2.17. The number of nitrogens with one attached hydrogen (secondary N) is 1. The van der Waals surface area contributed by atoms with Crippen molar-refractivity contribution in [3.8, 4) is 5.75 Å². The van der Waals surface area contributed by atoms with Gasteiger partial charge in [-0.2, -0.15) is 5.10 Å². The Hall–Kier alpha value is -1.88. The molecule has 0 bridgehead atoms. The standard InChI is InChI=1S/C16H24N4O/c1-11-15(12(2)20(4)19-11)6-7-16(17-3)13-8-14(21-5)10-18-9-13/h8-10,16-17H,6-7H2,1-5H3. The van der Waals surface area contributed by atoms with Gasteiger partial charge in [-0.3, -0.25) is 9.67 Å². The summed E-state index contributed by atoms with van der Waals surface area (Å²) in [6.07, 6.45) is 5.62. The molecule has 5 heteroatoms. The Balaban J connectivity index is 2.12. The summed E-state index contributed by atoms with van der Waals surface area (Å²) in [5.74, 6) is 0.793. The molecule has 0 saturated heterocycles. The van der Waals surface area contributed by atoms with Crippen LogP contribution in [0.5, 0.6) is 5.75 Å². The van der Waals surface area contributed by atoms with Crippen molar-refractivity contribution in [2.45, 2.75) is 32.7 Å². The predicted octanol–water partition coefficient (Wildman–Crippen LogP) is 2.33. The molecule has 2 heterocycles. The molecule has 2 aromatic heterocycles. The summed E-state index contributed by atoms with van der Waals surface area (Å²) in [5, 5.41) is 7.84. The van der Waals surface area contributed by atoms with Crippen LogP contribution in [-0.2, 0) is 13.5 Å². The van der Waals surface area contributed by atoms with Gasteiger partial charge in [-0.05, 0) is 50.9 Å². The molecule has 0 spiro atoms. The van der Waals surface area contributed by atoms with Crippen LogP contribution in [0.25, 0.3) is 0 Å². The van der Waals surface area contributed by atoms with Crippen molar-refractivity contribution >= 4 is 0 Å². The van der Waals surface area contributed by atoms with E-state index in [9.17, 15) is 0 Å². The SMILES string of the molecule is CNC(CCc1c(C)nn(C)c1C)c1cncc(OC)c1. The van der Waals surface area contributed by atoms with Gasteiger partial charge in [0.25, 0.3) is 0 Å². The average Bonchev–Trinajstić information content (AvgIpc) is 2.74. The van der Waals surface area contributed by atoms with E-state index in [0.717, 1.165) is 29.8 Å². The lowest BCUT2D eigenvalue weighted by atomic mass is 9.99. The van der Waals surface area contributed by atoms with Crippen molar-refractivity contribution in [1.82, 2.24) is 20.1 Å². The molecule has 0 aromatic carbocycles. The second-order valence-electron chi connectivity index (χ2n) is 5.31. The second-order valence-corrected chi connectivity index (χ2v) is 5.31. The number of aromatic nitrogens is 3. The highest BCUT2D eigenvalue weighted by Gasteiger charge is 2.14. The van der Waals surface area contributed by atoms with Gasteiger partial charge in [0, 0.05) is 25.0 Å². The molecule has 5 nitrogen and oxygen atoms in total. The lowest BCUT2D eigenvalue weighted by molar-refractivity contribution is 0.410. The van der Waals surface area contributed by atoms with Gasteiger partial charge in [0.2, 0.25) is 0 Å². The van der Waals surface area contributed by atoms with Crippen LogP contribution in [0.3, 0.4) is 0 Å². The minimum absolute atomic E-state index is 0.256. The molecule has 0 aliphatic heterocycles. The summed E-state index contributed by atoms with van der Waals surface area (Å²) in [4.78, 5) is 4.24. The Kier molecular flexibility index (Phi) is 4.96. The molecule has 0 amide bonds. The van der Waals surface area contributed by atoms with E-state index >= 15 is 0 Å². The molecular formula is C16H24N4O. The molecule has 1 atom stereocenters. The number of rotatable bonds is 6. The minimum Gasteiger partial charge on any atom is -0.495 e. The van der Waals surface area contributed by atoms with Crippen molar-refractivity contribution in [3.63, 3.8) is 0 Å². The van der Waals surface area contributed by atoms with Gasteiger partial charge >= 0.3 is 0 Å². The highest BCUT2D eigenvalue weighted by Crippen LogP contribution is 2.23. The van der Waals surface area contributed by atoms with Gasteiger partial charge in [-0.25, -0.2) is 0 Å². The number of hydrogen-bond acceptors (Lipinski definition) is 4. The van der Waals surface area contributed by atoms with Crippen molar-refractivity contribution in [1.29, 1.82) is 0 Å². The number of pyridine rings is 1. The van der Waals surface area contributed by atoms with Crippen molar-refractivity contribution in [2.75, 3.05) is 14.2 Å². The maximum Gasteiger partial charge on any atom is 0.137 e. The molecule has 21 heavy (non-hydrogen) atoms. The largest absolute Gasteiger partial charge is 0.495 e. The monoisotopic (exact) mass is 288 g/mol. The number of methoxy groups -OCH3 is 1. The van der Waals surface area contributed by atoms with Gasteiger partial charge in [0.05, 0.1) is 19.0 Å². The molecule has 0 aliphatic carbocycles. The summed E-state index contributed by atoms with van der Waals surface area (Å²) in [5.41, 5.74) is 4.85. The van der Waals surface area contributed by atoms with Crippen LogP contribution < -0.4 is 10.1 Å². The first-order valence-electron chi connectivity index (χ1n) is 7.22. The van der Waals surface area contributed by atoms with Crippen LogP contribution >= 0.6 is 0 Å². The maximum absolute atomic E-state index is 5.25. The number of hydrogen-bond donors (Lipinski definition) is 1. The summed E-state index contributed by atoms with van der Waals surface area (Å²) < 4.78 is 7.20. The summed E-state index contributed by atoms with van der Waals surface area (Å²) in [6, 6.07) is 2.29. The summed E-state index contributed by atoms with van der Waals surface area (Å²) in [6.45, 7) is 4.20. The van der Waals surface area contributed by atoms with Crippen LogP contribution in [0.15, 0.2) is 18.5 Å². The van der Waals surface area contributed by atoms with Gasteiger partial charge in [-0.1, -0.05) is 0 Å². The normalized spacial score (nSPS) is 12.4. The Morgan fingerprint density at radius 3 is 2.67 bits per heavy atom. The zero-order valence-electron chi connectivity index (χ0n) is 13.5. The molecule has 0 saturated carbocycles. The van der Waals surface area contributed by atoms with Gasteiger partial charge < -0.3 is 10.1 Å². The highest BCUT2D eigenvalue weighted by molar-refractivity contribution is 5.28. The Morgan fingerprint density at radius 1 is 1.33 bits per heavy atom. The first-order chi connectivity index (χ1) is 10.1. The van der Waals surface area contributed by atoms with E-state index in [0.29, 0.717) is 0 Å². The highest BCUT2D eigenvalue weighted by atomic mass is 16.5. The van der Waals surface area contributed by atoms with Crippen molar-refractivity contribution < 1.29 is 4.74 Å². The molecule has 114 valence electrons. The van der Waals surface area contributed by atoms with Crippen molar-refractivity contribution in [3.05, 3.63) is 41.0 Å². The third-order valence-electron chi connectivity index (χ3n) is 4.06. The fraction of sp³-hybridized carbons (Fsp3) is 0.500. The molecule has 2 aromatic rings. The van der Waals surface area contributed by atoms with E-state index in [1.165, 1.54) is 11.3 Å². The average molecular weight is 288 g/mol. The summed E-state index contributed by atoms with van der Waals surface area (Å²) in [7, 11) is 5.64. The fourth-order valence-corrected chi connectivity index (χ4v) is 2.68. The van der Waals surface area contributed by atoms with E-state index in [1.807, 2.05) is 31.0 Å². The first kappa shape index (κ1) is 15.5. The van der Waals surface area contributed by atoms with E-state index in [1.54, 1.807) is 13.3 Å². The lowest BCUT2D eigenvalue weighted by Gasteiger charge is -2.17. The van der Waals surface area contributed by atoms with Crippen LogP contribution in [0.2, 0.25) is 0 Å². The Morgan fingerprint density at radius 2 is 2.10 bits per heavy atom. The Bertz CT molecular complexity index is 606. The Labute approximate surface area is 126 Å². The molecule has 0 fully saturated rings. The zero-order valence-corrected chi connectivity index (χ0v) is 13.5. The third-order valence-corrected chi connectivity index (χ3v) is 4.06. The number of nitrogens with zero attached hydrogens (tertiary/aromatic N) is 3. The number of aryl methyl sites for hydroxylation is 2. The van der Waals surface area contributed by atoms with E-state index in [2.05, 4.69) is 29.2 Å². The molecule has 1 N–H and O–H groups in total. The van der Waals surface area contributed by atoms with Gasteiger partial charge in [0.15, 0.2) is 0 Å². The predicted molar refractivity (Wildman–Crippen MR) is 83.6 cm³/mol. The molecule has 0 radical (unpaired) electrons. The number of ether oxygens (including phenoxy) is 1. The second kappa shape index (κ2) is 6.72. The van der Waals surface area contributed by atoms with Gasteiger partial charge in [-0.15, -0.1) is 0 Å². The quantitative estimate of drug-likeness (QED) is 0.886. The van der Waals surface area contributed by atoms with E-state index < -0.39 is 0 Å². The van der Waals surface area contributed by atoms with Crippen LogP contribution in [0.4, 0.5) is 0 Å². The van der Waals surface area contributed by atoms with Crippen LogP contribution in [-0.4, -0.2) is 28.9 Å². The smallest absolute Gasteiger partial charge is 0.137 e. The molecule has 0 aliphatic rings. The molecular weight excluding hydrogens is 264 g/mol.